The number of benzene rings is 9. The van der Waals surface area contributed by atoms with Crippen LogP contribution in [0, 0.1) is 0 Å². The highest BCUT2D eigenvalue weighted by Gasteiger charge is 2.53. The summed E-state index contributed by atoms with van der Waals surface area (Å²) < 4.78 is 14.2. The van der Waals surface area contributed by atoms with Gasteiger partial charge in [-0.15, -0.1) is 0 Å². The third-order valence-corrected chi connectivity index (χ3v) is 13.7. The molecular formula is C58H39NO2. The first-order valence-corrected chi connectivity index (χ1v) is 21.2. The Bertz CT molecular complexity index is 3240. The largest absolute Gasteiger partial charge is 0.449 e. The number of hydrogen-bond donors (Lipinski definition) is 0. The van der Waals surface area contributed by atoms with E-state index in [1.54, 1.807) is 0 Å². The molecule has 0 unspecified atom stereocenters. The zero-order valence-electron chi connectivity index (χ0n) is 33.8. The third-order valence-electron chi connectivity index (χ3n) is 13.7. The van der Waals surface area contributed by atoms with Crippen LogP contribution in [0.3, 0.4) is 0 Å². The van der Waals surface area contributed by atoms with Gasteiger partial charge < -0.3 is 14.4 Å². The molecule has 1 spiro atoms. The molecule has 1 heterocycles. The summed E-state index contributed by atoms with van der Waals surface area (Å²) in [7, 11) is 0. The van der Waals surface area contributed by atoms with Gasteiger partial charge >= 0.3 is 0 Å². The van der Waals surface area contributed by atoms with Crippen LogP contribution in [0.2, 0.25) is 0 Å². The number of rotatable bonds is 4. The number of fused-ring (bicyclic) bond motifs is 16. The number of anilines is 3. The third kappa shape index (κ3) is 4.53. The van der Waals surface area contributed by atoms with Gasteiger partial charge in [-0.05, 0) is 115 Å². The monoisotopic (exact) mass is 781 g/mol. The Balaban J connectivity index is 0.931. The van der Waals surface area contributed by atoms with E-state index in [0.717, 1.165) is 28.4 Å². The fraction of sp³-hybridized carbons (Fsp3) is 0.0690. The van der Waals surface area contributed by atoms with Crippen molar-refractivity contribution in [3.8, 4) is 67.5 Å². The van der Waals surface area contributed by atoms with Crippen LogP contribution in [0.4, 0.5) is 17.1 Å². The fourth-order valence-electron chi connectivity index (χ4n) is 11.3. The lowest BCUT2D eigenvalue weighted by Crippen LogP contribution is -2.25. The summed E-state index contributed by atoms with van der Waals surface area (Å²) in [5, 5.41) is 0. The molecule has 0 aromatic heterocycles. The highest BCUT2D eigenvalue weighted by Crippen LogP contribution is 2.67. The van der Waals surface area contributed by atoms with Gasteiger partial charge in [-0.3, -0.25) is 0 Å². The molecule has 0 atom stereocenters. The SMILES string of the molecule is CC1(C)c2ccccc2-c2cccc(-c3ccc(N(c4ccccc4)c4cccc5c4Oc4ccc6c(c4O5)-c4ccccc4C64c5ccccc5-c5ccccc54)cc3)c21. The van der Waals surface area contributed by atoms with Gasteiger partial charge in [0.1, 0.15) is 0 Å². The lowest BCUT2D eigenvalue weighted by molar-refractivity contribution is 0.361. The highest BCUT2D eigenvalue weighted by molar-refractivity contribution is 5.98. The van der Waals surface area contributed by atoms with Gasteiger partial charge in [0.2, 0.25) is 0 Å². The first-order chi connectivity index (χ1) is 30.0. The quantitative estimate of drug-likeness (QED) is 0.177. The molecule has 61 heavy (non-hydrogen) atoms. The lowest BCUT2D eigenvalue weighted by atomic mass is 9.70. The van der Waals surface area contributed by atoms with Crippen LogP contribution in [0.25, 0.3) is 44.5 Å². The second-order valence-corrected chi connectivity index (χ2v) is 17.1. The van der Waals surface area contributed by atoms with E-state index in [4.69, 9.17) is 9.47 Å². The maximum atomic E-state index is 7.13. The van der Waals surface area contributed by atoms with E-state index in [2.05, 4.69) is 213 Å². The van der Waals surface area contributed by atoms with Crippen molar-refractivity contribution in [3.63, 3.8) is 0 Å². The van der Waals surface area contributed by atoms with Crippen LogP contribution in [-0.4, -0.2) is 0 Å². The Morgan fingerprint density at radius 2 is 0.869 bits per heavy atom. The van der Waals surface area contributed by atoms with E-state index in [0.29, 0.717) is 17.2 Å². The van der Waals surface area contributed by atoms with Crippen molar-refractivity contribution in [2.75, 3.05) is 4.90 Å². The van der Waals surface area contributed by atoms with E-state index in [-0.39, 0.29) is 5.41 Å². The van der Waals surface area contributed by atoms with E-state index >= 15 is 0 Å². The molecule has 0 fully saturated rings. The molecule has 4 aliphatic rings. The van der Waals surface area contributed by atoms with Gasteiger partial charge in [0.15, 0.2) is 23.0 Å². The lowest BCUT2D eigenvalue weighted by Gasteiger charge is -2.32. The minimum absolute atomic E-state index is 0.108. The molecule has 0 saturated heterocycles. The topological polar surface area (TPSA) is 21.7 Å². The van der Waals surface area contributed by atoms with E-state index in [1.165, 1.54) is 72.3 Å². The molecule has 0 radical (unpaired) electrons. The van der Waals surface area contributed by atoms with Crippen molar-refractivity contribution in [2.45, 2.75) is 24.7 Å². The summed E-state index contributed by atoms with van der Waals surface area (Å²) >= 11 is 0. The zero-order chi connectivity index (χ0) is 40.5. The van der Waals surface area contributed by atoms with Crippen molar-refractivity contribution in [3.05, 3.63) is 234 Å². The number of ether oxygens (including phenoxy) is 2. The molecule has 13 rings (SSSR count). The average molecular weight is 782 g/mol. The minimum atomic E-state index is -0.463. The van der Waals surface area contributed by atoms with Crippen molar-refractivity contribution in [2.24, 2.45) is 0 Å². The first kappa shape index (κ1) is 34.3. The Hall–Kier alpha value is -7.62. The molecule has 288 valence electrons. The average Bonchev–Trinajstić information content (AvgIpc) is 3.88. The maximum Gasteiger partial charge on any atom is 0.194 e. The predicted molar refractivity (Wildman–Crippen MR) is 247 cm³/mol. The molecule has 0 bridgehead atoms. The van der Waals surface area contributed by atoms with Crippen LogP contribution < -0.4 is 14.4 Å². The molecular weight excluding hydrogens is 743 g/mol. The number of para-hydroxylation sites is 2. The van der Waals surface area contributed by atoms with Gasteiger partial charge in [0.25, 0.3) is 0 Å². The summed E-state index contributed by atoms with van der Waals surface area (Å²) in [4.78, 5) is 2.27. The maximum absolute atomic E-state index is 7.13. The van der Waals surface area contributed by atoms with Gasteiger partial charge in [-0.1, -0.05) is 172 Å². The minimum Gasteiger partial charge on any atom is -0.449 e. The summed E-state index contributed by atoms with van der Waals surface area (Å²) in [5.74, 6) is 2.82. The van der Waals surface area contributed by atoms with Crippen molar-refractivity contribution >= 4 is 17.1 Å². The van der Waals surface area contributed by atoms with Crippen LogP contribution in [0.15, 0.2) is 200 Å². The van der Waals surface area contributed by atoms with E-state index in [9.17, 15) is 0 Å². The smallest absolute Gasteiger partial charge is 0.194 e. The van der Waals surface area contributed by atoms with Gasteiger partial charge in [-0.25, -0.2) is 0 Å². The van der Waals surface area contributed by atoms with Crippen molar-refractivity contribution in [1.82, 2.24) is 0 Å². The van der Waals surface area contributed by atoms with Gasteiger partial charge in [-0.2, -0.15) is 0 Å². The fourth-order valence-corrected chi connectivity index (χ4v) is 11.3. The Morgan fingerprint density at radius 3 is 1.57 bits per heavy atom. The summed E-state index contributed by atoms with van der Waals surface area (Å²) in [6.07, 6.45) is 0. The summed E-state index contributed by atoms with van der Waals surface area (Å²) in [5.41, 5.74) is 20.2. The van der Waals surface area contributed by atoms with E-state index < -0.39 is 5.41 Å². The first-order valence-electron chi connectivity index (χ1n) is 21.2. The Morgan fingerprint density at radius 1 is 0.361 bits per heavy atom. The van der Waals surface area contributed by atoms with Gasteiger partial charge in [0, 0.05) is 22.4 Å². The summed E-state index contributed by atoms with van der Waals surface area (Å²) in [6.45, 7) is 4.70. The van der Waals surface area contributed by atoms with Crippen LogP contribution in [0.5, 0.6) is 23.0 Å². The molecule has 0 saturated carbocycles. The molecule has 9 aromatic rings. The van der Waals surface area contributed by atoms with E-state index in [1.807, 2.05) is 6.07 Å². The second kappa shape index (κ2) is 12.5. The molecule has 0 amide bonds. The zero-order valence-corrected chi connectivity index (χ0v) is 33.8. The molecule has 0 N–H and O–H groups in total. The van der Waals surface area contributed by atoms with Gasteiger partial charge in [0.05, 0.1) is 11.1 Å². The van der Waals surface area contributed by atoms with Crippen LogP contribution in [0.1, 0.15) is 47.2 Å². The predicted octanol–water partition coefficient (Wildman–Crippen LogP) is 15.4. The molecule has 3 heteroatoms. The standard InChI is InChI=1S/C58H39NO2/c1-57(2)45-24-10-6-20-42(45)43-23-14-22-39(54(43)57)36-30-32-38(33-31-36)59(37-16-4-3-5-17-37)50-28-15-29-51-55(50)60-52-35-34-49-53(56(52)61-51)44-21-9-13-27-48(44)58(49)46-25-11-7-18-40(46)41-19-8-12-26-47(41)58/h3-35H,1-2H3. The number of nitrogens with zero attached hydrogens (tertiary/aromatic N) is 1. The van der Waals surface area contributed by atoms with Crippen molar-refractivity contribution < 1.29 is 9.47 Å². The second-order valence-electron chi connectivity index (χ2n) is 17.1. The molecule has 1 aliphatic heterocycles. The van der Waals surface area contributed by atoms with Crippen LogP contribution >= 0.6 is 0 Å². The highest BCUT2D eigenvalue weighted by atomic mass is 16.6. The van der Waals surface area contributed by atoms with Crippen LogP contribution in [-0.2, 0) is 10.8 Å². The normalized spacial score (nSPS) is 14.6. The molecule has 3 aliphatic carbocycles. The van der Waals surface area contributed by atoms with Crippen molar-refractivity contribution in [1.29, 1.82) is 0 Å². The Kier molecular flexibility index (Phi) is 6.99. The summed E-state index contributed by atoms with van der Waals surface area (Å²) in [6, 6.07) is 72.3. The number of hydrogen-bond acceptors (Lipinski definition) is 3. The molecule has 3 nitrogen and oxygen atoms in total. The Labute approximate surface area is 355 Å². The molecule has 9 aromatic carbocycles.